The van der Waals surface area contributed by atoms with Crippen molar-refractivity contribution < 1.29 is 19.4 Å². The van der Waals surface area contributed by atoms with E-state index in [0.717, 1.165) is 13.0 Å². The fraction of sp³-hybridized carbons (Fsp3) is 0.875. The van der Waals surface area contributed by atoms with E-state index in [9.17, 15) is 4.79 Å². The number of rotatable bonds is 4. The summed E-state index contributed by atoms with van der Waals surface area (Å²) in [7, 11) is 1.43. The van der Waals surface area contributed by atoms with Gasteiger partial charge in [0.1, 0.15) is 0 Å². The standard InChI is InChI=1S/C8H14O4/c1-11-7(8(9)10)4-6-2-3-12-5-6/h6-7H,2-5H2,1H3,(H,9,10). The second-order valence-electron chi connectivity index (χ2n) is 3.03. The summed E-state index contributed by atoms with van der Waals surface area (Å²) in [5.74, 6) is -0.532. The van der Waals surface area contributed by atoms with Crippen molar-refractivity contribution >= 4 is 5.97 Å². The molecule has 1 saturated heterocycles. The number of carboxylic acid groups (broad SMARTS) is 1. The quantitative estimate of drug-likeness (QED) is 0.674. The van der Waals surface area contributed by atoms with Crippen molar-refractivity contribution in [1.82, 2.24) is 0 Å². The van der Waals surface area contributed by atoms with Gasteiger partial charge in [0, 0.05) is 20.3 Å². The van der Waals surface area contributed by atoms with Crippen molar-refractivity contribution in [2.75, 3.05) is 20.3 Å². The first-order chi connectivity index (χ1) is 5.74. The normalized spacial score (nSPS) is 25.6. The lowest BCUT2D eigenvalue weighted by Crippen LogP contribution is -2.25. The molecule has 2 unspecified atom stereocenters. The van der Waals surface area contributed by atoms with Crippen LogP contribution in [0.15, 0.2) is 0 Å². The molecule has 0 aromatic heterocycles. The number of carboxylic acids is 1. The van der Waals surface area contributed by atoms with Gasteiger partial charge in [-0.2, -0.15) is 0 Å². The minimum Gasteiger partial charge on any atom is -0.479 e. The zero-order chi connectivity index (χ0) is 8.97. The molecule has 1 aliphatic heterocycles. The SMILES string of the molecule is COC(CC1CCOC1)C(=O)O. The summed E-state index contributed by atoms with van der Waals surface area (Å²) in [6, 6.07) is 0. The molecule has 0 amide bonds. The van der Waals surface area contributed by atoms with Crippen LogP contribution in [-0.4, -0.2) is 37.5 Å². The molecule has 0 bridgehead atoms. The summed E-state index contributed by atoms with van der Waals surface area (Å²) in [4.78, 5) is 10.6. The van der Waals surface area contributed by atoms with Gasteiger partial charge in [-0.1, -0.05) is 0 Å². The third kappa shape index (κ3) is 2.46. The van der Waals surface area contributed by atoms with Crippen LogP contribution < -0.4 is 0 Å². The largest absolute Gasteiger partial charge is 0.479 e. The molecule has 70 valence electrons. The first kappa shape index (κ1) is 9.48. The molecule has 1 heterocycles. The molecule has 0 aromatic rings. The van der Waals surface area contributed by atoms with Crippen LogP contribution >= 0.6 is 0 Å². The van der Waals surface area contributed by atoms with Crippen LogP contribution in [0, 0.1) is 5.92 Å². The van der Waals surface area contributed by atoms with Gasteiger partial charge in [-0.3, -0.25) is 0 Å². The molecular formula is C8H14O4. The Labute approximate surface area is 71.5 Å². The van der Waals surface area contributed by atoms with E-state index < -0.39 is 12.1 Å². The minimum absolute atomic E-state index is 0.353. The molecular weight excluding hydrogens is 160 g/mol. The number of methoxy groups -OCH3 is 1. The van der Waals surface area contributed by atoms with Gasteiger partial charge < -0.3 is 14.6 Å². The van der Waals surface area contributed by atoms with E-state index in [4.69, 9.17) is 14.6 Å². The van der Waals surface area contributed by atoms with Crippen LogP contribution in [0.1, 0.15) is 12.8 Å². The Morgan fingerprint density at radius 1 is 1.83 bits per heavy atom. The van der Waals surface area contributed by atoms with E-state index in [1.807, 2.05) is 0 Å². The summed E-state index contributed by atoms with van der Waals surface area (Å²) >= 11 is 0. The van der Waals surface area contributed by atoms with E-state index in [0.29, 0.717) is 18.9 Å². The van der Waals surface area contributed by atoms with Crippen molar-refractivity contribution in [3.05, 3.63) is 0 Å². The molecule has 2 atom stereocenters. The molecule has 12 heavy (non-hydrogen) atoms. The molecule has 1 fully saturated rings. The lowest BCUT2D eigenvalue weighted by molar-refractivity contribution is -0.149. The topological polar surface area (TPSA) is 55.8 Å². The minimum atomic E-state index is -0.885. The number of hydrogen-bond donors (Lipinski definition) is 1. The Bertz CT molecular complexity index is 151. The highest BCUT2D eigenvalue weighted by molar-refractivity contribution is 5.72. The van der Waals surface area contributed by atoms with Gasteiger partial charge in [-0.25, -0.2) is 4.79 Å². The highest BCUT2D eigenvalue weighted by Gasteiger charge is 2.24. The van der Waals surface area contributed by atoms with Crippen LogP contribution in [0.5, 0.6) is 0 Å². The average molecular weight is 174 g/mol. The fourth-order valence-corrected chi connectivity index (χ4v) is 1.37. The third-order valence-electron chi connectivity index (χ3n) is 2.13. The summed E-state index contributed by atoms with van der Waals surface area (Å²) in [5, 5.41) is 8.67. The zero-order valence-electron chi connectivity index (χ0n) is 7.16. The van der Waals surface area contributed by atoms with Crippen molar-refractivity contribution in [1.29, 1.82) is 0 Å². The Kier molecular flexibility index (Phi) is 3.49. The van der Waals surface area contributed by atoms with Crippen LogP contribution in [0.2, 0.25) is 0 Å². The first-order valence-corrected chi connectivity index (χ1v) is 4.07. The maximum atomic E-state index is 10.6. The predicted octanol–water partition coefficient (Wildman–Crippen LogP) is 0.513. The van der Waals surface area contributed by atoms with Crippen LogP contribution in [0.4, 0.5) is 0 Å². The molecule has 0 spiro atoms. The van der Waals surface area contributed by atoms with Gasteiger partial charge >= 0.3 is 5.97 Å². The molecule has 1 aliphatic rings. The number of carbonyl (C=O) groups is 1. The second-order valence-corrected chi connectivity index (χ2v) is 3.03. The number of aliphatic carboxylic acids is 1. The summed E-state index contributed by atoms with van der Waals surface area (Å²) in [5.41, 5.74) is 0. The van der Waals surface area contributed by atoms with Crippen molar-refractivity contribution in [3.63, 3.8) is 0 Å². The lowest BCUT2D eigenvalue weighted by Gasteiger charge is -2.13. The molecule has 1 rings (SSSR count). The lowest BCUT2D eigenvalue weighted by atomic mass is 10.0. The predicted molar refractivity (Wildman–Crippen MR) is 42.0 cm³/mol. The average Bonchev–Trinajstić information content (AvgIpc) is 2.51. The third-order valence-corrected chi connectivity index (χ3v) is 2.13. The smallest absolute Gasteiger partial charge is 0.332 e. The van der Waals surface area contributed by atoms with Crippen LogP contribution in [0.3, 0.4) is 0 Å². The fourth-order valence-electron chi connectivity index (χ4n) is 1.37. The molecule has 0 radical (unpaired) electrons. The van der Waals surface area contributed by atoms with E-state index in [2.05, 4.69) is 0 Å². The number of ether oxygens (including phenoxy) is 2. The first-order valence-electron chi connectivity index (χ1n) is 4.07. The maximum Gasteiger partial charge on any atom is 0.332 e. The molecule has 1 N–H and O–H groups in total. The van der Waals surface area contributed by atoms with Crippen LogP contribution in [-0.2, 0) is 14.3 Å². The van der Waals surface area contributed by atoms with E-state index in [1.165, 1.54) is 7.11 Å². The molecule has 4 heteroatoms. The van der Waals surface area contributed by atoms with Crippen molar-refractivity contribution in [2.45, 2.75) is 18.9 Å². The summed E-state index contributed by atoms with van der Waals surface area (Å²) in [6.45, 7) is 1.42. The maximum absolute atomic E-state index is 10.6. The van der Waals surface area contributed by atoms with Gasteiger partial charge in [0.05, 0.1) is 0 Å². The molecule has 0 aliphatic carbocycles. The molecule has 4 nitrogen and oxygen atoms in total. The van der Waals surface area contributed by atoms with E-state index in [-0.39, 0.29) is 0 Å². The van der Waals surface area contributed by atoms with E-state index in [1.54, 1.807) is 0 Å². The molecule has 0 aromatic carbocycles. The molecule has 0 saturated carbocycles. The summed E-state index contributed by atoms with van der Waals surface area (Å²) in [6.07, 6.45) is 0.843. The van der Waals surface area contributed by atoms with Gasteiger partial charge in [0.2, 0.25) is 0 Å². The van der Waals surface area contributed by atoms with Gasteiger partial charge in [0.25, 0.3) is 0 Å². The Morgan fingerprint density at radius 2 is 2.58 bits per heavy atom. The highest BCUT2D eigenvalue weighted by atomic mass is 16.5. The number of hydrogen-bond acceptors (Lipinski definition) is 3. The Balaban J connectivity index is 2.30. The Hall–Kier alpha value is -0.610. The van der Waals surface area contributed by atoms with Gasteiger partial charge in [-0.15, -0.1) is 0 Å². The highest BCUT2D eigenvalue weighted by Crippen LogP contribution is 2.19. The van der Waals surface area contributed by atoms with Crippen LogP contribution in [0.25, 0.3) is 0 Å². The summed E-state index contributed by atoms with van der Waals surface area (Å²) < 4.78 is 9.95. The van der Waals surface area contributed by atoms with Crippen molar-refractivity contribution in [2.24, 2.45) is 5.92 Å². The van der Waals surface area contributed by atoms with Gasteiger partial charge in [0.15, 0.2) is 6.10 Å². The van der Waals surface area contributed by atoms with E-state index >= 15 is 0 Å². The van der Waals surface area contributed by atoms with Gasteiger partial charge in [-0.05, 0) is 18.8 Å². The zero-order valence-corrected chi connectivity index (χ0v) is 7.16. The second kappa shape index (κ2) is 4.42. The monoisotopic (exact) mass is 174 g/mol. The Morgan fingerprint density at radius 3 is 3.00 bits per heavy atom. The van der Waals surface area contributed by atoms with Crippen molar-refractivity contribution in [3.8, 4) is 0 Å².